The third-order valence-electron chi connectivity index (χ3n) is 8.14. The van der Waals surface area contributed by atoms with Gasteiger partial charge in [-0.25, -0.2) is 19.6 Å². The zero-order valence-electron chi connectivity index (χ0n) is 28.5. The number of aromatic nitrogens is 2. The lowest BCUT2D eigenvalue weighted by atomic mass is 9.85. The standard InChI is InChI=1S/C35H42F2N8O6/c1-35(2,3)31(32-41-26(23-17-22(36)9-10-24(23)37)19-43(32)18-21-7-5-4-6-8-21)42-33(50)27(46)12-11-25(38)34(51)45(39)20-28(47)40-15-16-44-29(48)13-14-30(44)49/h4-10,13-14,17,19,25,27,31,46H,11-12,15-16,18,20,38-39H2,1-3H3,(H,40,47)(H,42,50)/t25-,27?,31-/m0/s1. The molecular weight excluding hydrogens is 666 g/mol. The minimum Gasteiger partial charge on any atom is -0.383 e. The van der Waals surface area contributed by atoms with Gasteiger partial charge in [0.2, 0.25) is 11.8 Å². The van der Waals surface area contributed by atoms with Crippen LogP contribution in [-0.4, -0.2) is 85.9 Å². The van der Waals surface area contributed by atoms with Crippen LogP contribution in [0.3, 0.4) is 0 Å². The van der Waals surface area contributed by atoms with Crippen LogP contribution in [0.15, 0.2) is 66.9 Å². The van der Waals surface area contributed by atoms with Gasteiger partial charge in [-0.15, -0.1) is 0 Å². The summed E-state index contributed by atoms with van der Waals surface area (Å²) in [5.41, 5.74) is 6.29. The van der Waals surface area contributed by atoms with E-state index in [-0.39, 0.29) is 37.2 Å². The second-order valence-corrected chi connectivity index (χ2v) is 13.2. The lowest BCUT2D eigenvalue weighted by Crippen LogP contribution is -2.52. The summed E-state index contributed by atoms with van der Waals surface area (Å²) in [4.78, 5) is 67.1. The highest BCUT2D eigenvalue weighted by Gasteiger charge is 2.34. The van der Waals surface area contributed by atoms with Crippen LogP contribution in [-0.2, 0) is 30.5 Å². The molecule has 1 unspecified atom stereocenters. The molecule has 0 saturated carbocycles. The molecule has 51 heavy (non-hydrogen) atoms. The molecule has 1 aliphatic heterocycles. The van der Waals surface area contributed by atoms with Gasteiger partial charge in [-0.05, 0) is 42.0 Å². The number of nitrogens with two attached hydrogens (primary N) is 2. The van der Waals surface area contributed by atoms with E-state index in [2.05, 4.69) is 15.6 Å². The normalized spacial score (nSPS) is 14.7. The molecule has 0 bridgehead atoms. The van der Waals surface area contributed by atoms with Crippen molar-refractivity contribution in [3.63, 3.8) is 0 Å². The van der Waals surface area contributed by atoms with Crippen LogP contribution in [0, 0.1) is 17.0 Å². The molecule has 14 nitrogen and oxygen atoms in total. The molecule has 0 fully saturated rings. The van der Waals surface area contributed by atoms with Gasteiger partial charge < -0.3 is 26.0 Å². The van der Waals surface area contributed by atoms with Crippen molar-refractivity contribution in [1.82, 2.24) is 30.1 Å². The lowest BCUT2D eigenvalue weighted by Gasteiger charge is -2.32. The fourth-order valence-electron chi connectivity index (χ4n) is 5.35. The van der Waals surface area contributed by atoms with Gasteiger partial charge in [0.1, 0.15) is 30.1 Å². The number of rotatable bonds is 15. The molecular formula is C35H42F2N8O6. The fourth-order valence-corrected chi connectivity index (χ4v) is 5.35. The second-order valence-electron chi connectivity index (χ2n) is 13.2. The van der Waals surface area contributed by atoms with Crippen molar-refractivity contribution >= 4 is 29.5 Å². The third kappa shape index (κ3) is 10.1. The van der Waals surface area contributed by atoms with Crippen molar-refractivity contribution in [1.29, 1.82) is 0 Å². The summed E-state index contributed by atoms with van der Waals surface area (Å²) in [6.45, 7) is 5.14. The van der Waals surface area contributed by atoms with Crippen LogP contribution >= 0.6 is 0 Å². The van der Waals surface area contributed by atoms with E-state index in [1.54, 1.807) is 10.8 Å². The van der Waals surface area contributed by atoms with Crippen molar-refractivity contribution in [3.8, 4) is 11.3 Å². The van der Waals surface area contributed by atoms with Gasteiger partial charge in [0.25, 0.3) is 17.7 Å². The number of hydrazine groups is 1. The quantitative estimate of drug-likeness (QED) is 0.0667. The molecule has 2 aromatic carbocycles. The molecule has 1 aromatic heterocycles. The Labute approximate surface area is 293 Å². The van der Waals surface area contributed by atoms with Crippen molar-refractivity contribution in [2.75, 3.05) is 19.6 Å². The van der Waals surface area contributed by atoms with Gasteiger partial charge in [0.05, 0.1) is 17.8 Å². The summed E-state index contributed by atoms with van der Waals surface area (Å²) in [6.07, 6.45) is 1.81. The van der Waals surface area contributed by atoms with Crippen molar-refractivity contribution in [2.24, 2.45) is 17.0 Å². The minimum atomic E-state index is -1.61. The van der Waals surface area contributed by atoms with E-state index in [0.29, 0.717) is 17.4 Å². The van der Waals surface area contributed by atoms with E-state index in [4.69, 9.17) is 11.6 Å². The van der Waals surface area contributed by atoms with Gasteiger partial charge in [-0.2, -0.15) is 0 Å². The van der Waals surface area contributed by atoms with E-state index >= 15 is 0 Å². The molecule has 0 aliphatic carbocycles. The number of benzene rings is 2. The number of carbonyl (C=O) groups excluding carboxylic acids is 5. The van der Waals surface area contributed by atoms with Crippen LogP contribution < -0.4 is 22.2 Å². The maximum Gasteiger partial charge on any atom is 0.253 e. The number of aliphatic hydroxyl groups is 1. The Hall–Kier alpha value is -5.32. The molecule has 16 heteroatoms. The van der Waals surface area contributed by atoms with Crippen molar-refractivity contribution in [2.45, 2.75) is 58.3 Å². The number of nitrogens with one attached hydrogen (secondary N) is 2. The van der Waals surface area contributed by atoms with Crippen LogP contribution in [0.1, 0.15) is 51.0 Å². The zero-order chi connectivity index (χ0) is 37.5. The summed E-state index contributed by atoms with van der Waals surface area (Å²) < 4.78 is 30.7. The first-order chi connectivity index (χ1) is 24.0. The maximum absolute atomic E-state index is 14.8. The van der Waals surface area contributed by atoms with Gasteiger partial charge in [0, 0.05) is 43.5 Å². The third-order valence-corrected chi connectivity index (χ3v) is 8.14. The van der Waals surface area contributed by atoms with E-state index in [1.165, 1.54) is 0 Å². The Morgan fingerprint density at radius 3 is 2.33 bits per heavy atom. The monoisotopic (exact) mass is 708 g/mol. The molecule has 4 rings (SSSR count). The Morgan fingerprint density at radius 2 is 1.69 bits per heavy atom. The Morgan fingerprint density at radius 1 is 1.02 bits per heavy atom. The predicted molar refractivity (Wildman–Crippen MR) is 181 cm³/mol. The van der Waals surface area contributed by atoms with Gasteiger partial charge in [-0.3, -0.25) is 33.9 Å². The highest BCUT2D eigenvalue weighted by atomic mass is 19.1. The number of halogens is 2. The number of hydrogen-bond acceptors (Lipinski definition) is 9. The summed E-state index contributed by atoms with van der Waals surface area (Å²) in [7, 11) is 0. The van der Waals surface area contributed by atoms with E-state index in [9.17, 15) is 37.9 Å². The highest BCUT2D eigenvalue weighted by Crippen LogP contribution is 2.35. The molecule has 2 heterocycles. The summed E-state index contributed by atoms with van der Waals surface area (Å²) in [5, 5.41) is 16.7. The summed E-state index contributed by atoms with van der Waals surface area (Å²) >= 11 is 0. The molecule has 7 N–H and O–H groups in total. The Kier molecular flexibility index (Phi) is 12.5. The fraction of sp³-hybridized carbons (Fsp3) is 0.371. The second kappa shape index (κ2) is 16.6. The molecule has 3 atom stereocenters. The largest absolute Gasteiger partial charge is 0.383 e. The predicted octanol–water partition coefficient (Wildman–Crippen LogP) is 1.29. The van der Waals surface area contributed by atoms with Gasteiger partial charge in [0.15, 0.2) is 0 Å². The molecule has 1 aliphatic rings. The minimum absolute atomic E-state index is 0.0558. The first-order valence-corrected chi connectivity index (χ1v) is 16.2. The summed E-state index contributed by atoms with van der Waals surface area (Å²) in [6, 6.07) is 10.3. The zero-order valence-corrected chi connectivity index (χ0v) is 28.5. The topological polar surface area (TPSA) is 206 Å². The first kappa shape index (κ1) is 38.5. The highest BCUT2D eigenvalue weighted by molar-refractivity contribution is 6.12. The smallest absolute Gasteiger partial charge is 0.253 e. The molecule has 5 amide bonds. The summed E-state index contributed by atoms with van der Waals surface area (Å²) in [5.74, 6) is 1.51. The van der Waals surface area contributed by atoms with E-state index in [0.717, 1.165) is 40.8 Å². The number of imide groups is 1. The van der Waals surface area contributed by atoms with Crippen LogP contribution in [0.4, 0.5) is 8.78 Å². The van der Waals surface area contributed by atoms with Crippen molar-refractivity contribution < 1.29 is 37.9 Å². The Balaban J connectivity index is 1.39. The number of nitrogens with zero attached hydrogens (tertiary/aromatic N) is 4. The molecule has 272 valence electrons. The number of carbonyl (C=O) groups is 5. The number of amides is 5. The number of aliphatic hydroxyl groups excluding tert-OH is 1. The number of hydrogen-bond donors (Lipinski definition) is 5. The van der Waals surface area contributed by atoms with Crippen LogP contribution in [0.2, 0.25) is 0 Å². The van der Waals surface area contributed by atoms with Crippen LogP contribution in [0.5, 0.6) is 0 Å². The molecule has 3 aromatic rings. The molecule has 0 saturated heterocycles. The van der Waals surface area contributed by atoms with E-state index in [1.807, 2.05) is 51.1 Å². The molecule has 0 radical (unpaired) electrons. The average molecular weight is 709 g/mol. The maximum atomic E-state index is 14.8. The van der Waals surface area contributed by atoms with Crippen molar-refractivity contribution in [3.05, 3.63) is 89.9 Å². The van der Waals surface area contributed by atoms with E-state index < -0.39 is 71.3 Å². The van der Waals surface area contributed by atoms with Crippen LogP contribution in [0.25, 0.3) is 11.3 Å². The average Bonchev–Trinajstić information content (AvgIpc) is 3.63. The Bertz CT molecular complexity index is 1770. The lowest BCUT2D eigenvalue weighted by molar-refractivity contribution is -0.138. The van der Waals surface area contributed by atoms with Gasteiger partial charge >= 0.3 is 0 Å². The van der Waals surface area contributed by atoms with Gasteiger partial charge in [-0.1, -0.05) is 51.1 Å². The SMILES string of the molecule is CC(C)(C)[C@@H](NC(=O)C(O)CC[C@H](N)C(=O)N(N)CC(=O)NCCN1C(=O)C=CC1=O)c1nc(-c2cc(F)ccc2F)cn1Cc1ccccc1. The molecule has 0 spiro atoms. The first-order valence-electron chi connectivity index (χ1n) is 16.2. The number of imidazole rings is 1.